The van der Waals surface area contributed by atoms with E-state index in [4.69, 9.17) is 10.5 Å². The van der Waals surface area contributed by atoms with Crippen LogP contribution in [-0.4, -0.2) is 43.2 Å². The highest BCUT2D eigenvalue weighted by molar-refractivity contribution is 7.18. The Labute approximate surface area is 129 Å². The van der Waals surface area contributed by atoms with E-state index in [-0.39, 0.29) is 12.0 Å². The molecule has 1 amide bonds. The van der Waals surface area contributed by atoms with Gasteiger partial charge < -0.3 is 20.7 Å². The minimum Gasteiger partial charge on any atom is -0.382 e. The fraction of sp³-hybridized carbons (Fsp3) is 0.714. The smallest absolute Gasteiger partial charge is 0.265 e. The van der Waals surface area contributed by atoms with E-state index >= 15 is 0 Å². The zero-order valence-electron chi connectivity index (χ0n) is 12.7. The van der Waals surface area contributed by atoms with E-state index in [0.717, 1.165) is 18.2 Å². The average Bonchev–Trinajstić information content (AvgIpc) is 2.88. The molecule has 7 heteroatoms. The van der Waals surface area contributed by atoms with E-state index in [1.807, 2.05) is 13.8 Å². The number of rotatable bonds is 6. The van der Waals surface area contributed by atoms with Crippen molar-refractivity contribution in [2.45, 2.75) is 39.2 Å². The van der Waals surface area contributed by atoms with Gasteiger partial charge in [-0.2, -0.15) is 0 Å². The second-order valence-electron chi connectivity index (χ2n) is 5.23. The number of piperidine rings is 1. The molecule has 0 bridgehead atoms. The number of aromatic nitrogens is 1. The first-order valence-corrected chi connectivity index (χ1v) is 8.34. The second-order valence-corrected chi connectivity index (χ2v) is 6.21. The topological polar surface area (TPSA) is 80.5 Å². The Kier molecular flexibility index (Phi) is 5.81. The summed E-state index contributed by atoms with van der Waals surface area (Å²) in [5.74, 6) is 0.155. The van der Waals surface area contributed by atoms with Gasteiger partial charge in [-0.1, -0.05) is 11.3 Å². The summed E-state index contributed by atoms with van der Waals surface area (Å²) >= 11 is 1.38. The minimum atomic E-state index is -0.167. The van der Waals surface area contributed by atoms with Crippen LogP contribution in [0, 0.1) is 0 Å². The molecule has 2 heterocycles. The number of anilines is 2. The van der Waals surface area contributed by atoms with Crippen LogP contribution in [0.3, 0.4) is 0 Å². The third-order valence-electron chi connectivity index (χ3n) is 3.48. The van der Waals surface area contributed by atoms with Crippen molar-refractivity contribution in [1.82, 2.24) is 10.3 Å². The van der Waals surface area contributed by atoms with Gasteiger partial charge in [-0.15, -0.1) is 0 Å². The van der Waals surface area contributed by atoms with Crippen molar-refractivity contribution in [1.29, 1.82) is 0 Å². The highest BCUT2D eigenvalue weighted by Gasteiger charge is 2.21. The van der Waals surface area contributed by atoms with Crippen molar-refractivity contribution in [3.63, 3.8) is 0 Å². The molecule has 0 spiro atoms. The number of thiazole rings is 1. The van der Waals surface area contributed by atoms with Crippen LogP contribution in [0.2, 0.25) is 0 Å². The van der Waals surface area contributed by atoms with Gasteiger partial charge in [0.2, 0.25) is 0 Å². The van der Waals surface area contributed by atoms with Crippen molar-refractivity contribution >= 4 is 28.2 Å². The Balaban J connectivity index is 1.96. The summed E-state index contributed by atoms with van der Waals surface area (Å²) in [5.41, 5.74) is 5.89. The molecule has 21 heavy (non-hydrogen) atoms. The number of hydrogen-bond donors (Lipinski definition) is 2. The van der Waals surface area contributed by atoms with Crippen LogP contribution < -0.4 is 16.0 Å². The fourth-order valence-corrected chi connectivity index (χ4v) is 3.32. The lowest BCUT2D eigenvalue weighted by Gasteiger charge is -2.25. The number of hydrogen-bond acceptors (Lipinski definition) is 6. The van der Waals surface area contributed by atoms with Gasteiger partial charge in [0.15, 0.2) is 5.13 Å². The van der Waals surface area contributed by atoms with Gasteiger partial charge in [0.25, 0.3) is 5.91 Å². The molecule has 0 radical (unpaired) electrons. The minimum absolute atomic E-state index is 0.00494. The lowest BCUT2D eigenvalue weighted by Crippen LogP contribution is -2.32. The van der Waals surface area contributed by atoms with Crippen molar-refractivity contribution in [3.8, 4) is 0 Å². The SMILES string of the molecule is CCOC(C)CNC(=O)c1sc(N2CCCCC2)nc1N. The Morgan fingerprint density at radius 1 is 1.48 bits per heavy atom. The Hall–Kier alpha value is -1.34. The molecule has 1 aliphatic rings. The van der Waals surface area contributed by atoms with Crippen molar-refractivity contribution in [2.24, 2.45) is 0 Å². The third kappa shape index (κ3) is 4.31. The predicted octanol–water partition coefficient (Wildman–Crippen LogP) is 1.87. The maximum absolute atomic E-state index is 12.2. The molecular formula is C14H24N4O2S. The standard InChI is InChI=1S/C14H24N4O2S/c1-3-20-10(2)9-16-13(19)11-12(15)17-14(21-11)18-7-5-4-6-8-18/h10H,3-9,15H2,1-2H3,(H,16,19). The van der Waals surface area contributed by atoms with E-state index in [9.17, 15) is 4.79 Å². The van der Waals surface area contributed by atoms with Crippen molar-refractivity contribution in [3.05, 3.63) is 4.88 Å². The summed E-state index contributed by atoms with van der Waals surface area (Å²) in [6, 6.07) is 0. The number of carbonyl (C=O) groups is 1. The Morgan fingerprint density at radius 3 is 2.86 bits per heavy atom. The Bertz CT molecular complexity index is 472. The van der Waals surface area contributed by atoms with Gasteiger partial charge >= 0.3 is 0 Å². The third-order valence-corrected chi connectivity index (χ3v) is 4.61. The molecule has 1 atom stereocenters. The molecule has 0 aliphatic carbocycles. The van der Waals surface area contributed by atoms with Crippen LogP contribution in [0.15, 0.2) is 0 Å². The van der Waals surface area contributed by atoms with Crippen LogP contribution in [0.4, 0.5) is 10.9 Å². The molecule has 1 saturated heterocycles. The number of nitrogens with one attached hydrogen (secondary N) is 1. The van der Waals surface area contributed by atoms with Gasteiger partial charge in [-0.3, -0.25) is 4.79 Å². The van der Waals surface area contributed by atoms with E-state index in [1.54, 1.807) is 0 Å². The summed E-state index contributed by atoms with van der Waals surface area (Å²) in [6.45, 7) is 6.97. The zero-order chi connectivity index (χ0) is 15.2. The molecule has 1 aliphatic heterocycles. The number of ether oxygens (including phenoxy) is 1. The number of amides is 1. The molecule has 0 aromatic carbocycles. The van der Waals surface area contributed by atoms with Crippen molar-refractivity contribution < 1.29 is 9.53 Å². The molecule has 1 unspecified atom stereocenters. The zero-order valence-corrected chi connectivity index (χ0v) is 13.5. The maximum atomic E-state index is 12.2. The molecule has 3 N–H and O–H groups in total. The first kappa shape index (κ1) is 16.0. The lowest BCUT2D eigenvalue weighted by atomic mass is 10.1. The van der Waals surface area contributed by atoms with Crippen LogP contribution in [0.1, 0.15) is 42.8 Å². The molecular weight excluding hydrogens is 288 g/mol. The largest absolute Gasteiger partial charge is 0.382 e. The highest BCUT2D eigenvalue weighted by atomic mass is 32.1. The molecule has 1 fully saturated rings. The van der Waals surface area contributed by atoms with E-state index in [1.165, 1.54) is 30.6 Å². The van der Waals surface area contributed by atoms with Crippen LogP contribution >= 0.6 is 11.3 Å². The summed E-state index contributed by atoms with van der Waals surface area (Å²) < 4.78 is 5.39. The molecule has 0 saturated carbocycles. The highest BCUT2D eigenvalue weighted by Crippen LogP contribution is 2.29. The molecule has 2 rings (SSSR count). The summed E-state index contributed by atoms with van der Waals surface area (Å²) in [5, 5.41) is 3.71. The van der Waals surface area contributed by atoms with Gasteiger partial charge in [0.05, 0.1) is 6.10 Å². The first-order chi connectivity index (χ1) is 10.1. The number of nitrogens with two attached hydrogens (primary N) is 1. The van der Waals surface area contributed by atoms with Crippen LogP contribution in [0.5, 0.6) is 0 Å². The fourth-order valence-electron chi connectivity index (χ4n) is 2.36. The predicted molar refractivity (Wildman–Crippen MR) is 86.0 cm³/mol. The average molecular weight is 312 g/mol. The first-order valence-electron chi connectivity index (χ1n) is 7.52. The van der Waals surface area contributed by atoms with Gasteiger partial charge in [0.1, 0.15) is 10.7 Å². The van der Waals surface area contributed by atoms with Gasteiger partial charge in [-0.05, 0) is 33.1 Å². The van der Waals surface area contributed by atoms with Gasteiger partial charge in [0, 0.05) is 26.2 Å². The number of nitrogens with zero attached hydrogens (tertiary/aromatic N) is 2. The normalized spacial score (nSPS) is 16.8. The molecule has 1 aromatic rings. The monoisotopic (exact) mass is 312 g/mol. The van der Waals surface area contributed by atoms with E-state index < -0.39 is 0 Å². The van der Waals surface area contributed by atoms with Crippen LogP contribution in [0.25, 0.3) is 0 Å². The Morgan fingerprint density at radius 2 is 2.19 bits per heavy atom. The van der Waals surface area contributed by atoms with E-state index in [2.05, 4.69) is 15.2 Å². The number of carbonyl (C=O) groups excluding carboxylic acids is 1. The van der Waals surface area contributed by atoms with E-state index in [0.29, 0.717) is 23.8 Å². The molecule has 1 aromatic heterocycles. The summed E-state index contributed by atoms with van der Waals surface area (Å²) in [6.07, 6.45) is 3.61. The number of nitrogen functional groups attached to an aromatic ring is 1. The quantitative estimate of drug-likeness (QED) is 0.838. The molecule has 6 nitrogen and oxygen atoms in total. The second kappa shape index (κ2) is 7.61. The van der Waals surface area contributed by atoms with Crippen LogP contribution in [-0.2, 0) is 4.74 Å². The molecule has 118 valence electrons. The maximum Gasteiger partial charge on any atom is 0.265 e. The summed E-state index contributed by atoms with van der Waals surface area (Å²) in [4.78, 5) is 19.2. The summed E-state index contributed by atoms with van der Waals surface area (Å²) in [7, 11) is 0. The van der Waals surface area contributed by atoms with Gasteiger partial charge in [-0.25, -0.2) is 4.98 Å². The van der Waals surface area contributed by atoms with Crippen molar-refractivity contribution in [2.75, 3.05) is 36.9 Å². The lowest BCUT2D eigenvalue weighted by molar-refractivity contribution is 0.0697.